The maximum Gasteiger partial charge on any atom is 0.400 e. The van der Waals surface area contributed by atoms with Crippen LogP contribution in [0.2, 0.25) is 0 Å². The van der Waals surface area contributed by atoms with Crippen molar-refractivity contribution in [2.24, 2.45) is 23.7 Å². The highest BCUT2D eigenvalue weighted by Crippen LogP contribution is 2.46. The summed E-state index contributed by atoms with van der Waals surface area (Å²) in [7, 11) is 0. The first-order chi connectivity index (χ1) is 14.3. The van der Waals surface area contributed by atoms with Crippen molar-refractivity contribution < 1.29 is 31.4 Å². The van der Waals surface area contributed by atoms with Crippen LogP contribution in [0.3, 0.4) is 0 Å². The molecule has 3 aliphatic rings. The minimum Gasteiger partial charge on any atom is -0.432 e. The van der Waals surface area contributed by atoms with E-state index in [2.05, 4.69) is 4.74 Å². The smallest absolute Gasteiger partial charge is 0.400 e. The first-order valence-electron chi connectivity index (χ1n) is 11.2. The predicted octanol–water partition coefficient (Wildman–Crippen LogP) is 6.87. The molecule has 1 heterocycles. The van der Waals surface area contributed by atoms with E-state index in [1.807, 2.05) is 0 Å². The minimum atomic E-state index is -3.54. The molecule has 2 saturated carbocycles. The lowest BCUT2D eigenvalue weighted by Crippen LogP contribution is -2.38. The number of hydrogen-bond donors (Lipinski definition) is 0. The molecule has 2 nitrogen and oxygen atoms in total. The molecule has 1 unspecified atom stereocenters. The van der Waals surface area contributed by atoms with E-state index in [1.165, 1.54) is 0 Å². The molecule has 1 saturated heterocycles. The van der Waals surface area contributed by atoms with Gasteiger partial charge in [-0.25, -0.2) is 13.2 Å². The summed E-state index contributed by atoms with van der Waals surface area (Å²) >= 11 is 0. The van der Waals surface area contributed by atoms with Gasteiger partial charge in [0.15, 0.2) is 17.5 Å². The Morgan fingerprint density at radius 1 is 0.767 bits per heavy atom. The fraction of sp³-hybridized carbons (Fsp3) is 0.739. The molecule has 0 aromatic heterocycles. The highest BCUT2D eigenvalue weighted by Gasteiger charge is 2.45. The highest BCUT2D eigenvalue weighted by molar-refractivity contribution is 5.25. The summed E-state index contributed by atoms with van der Waals surface area (Å²) < 4.78 is 79.2. The van der Waals surface area contributed by atoms with Crippen LogP contribution in [0.4, 0.5) is 22.0 Å². The van der Waals surface area contributed by atoms with Gasteiger partial charge in [-0.15, -0.1) is 0 Å². The monoisotopic (exact) mass is 432 g/mol. The fourth-order valence-corrected chi connectivity index (χ4v) is 5.72. The molecular formula is C23H29F5O2. The van der Waals surface area contributed by atoms with Crippen molar-refractivity contribution in [3.8, 4) is 5.75 Å². The van der Waals surface area contributed by atoms with E-state index >= 15 is 0 Å². The topological polar surface area (TPSA) is 18.5 Å². The van der Waals surface area contributed by atoms with E-state index in [1.54, 1.807) is 0 Å². The molecule has 0 spiro atoms. The zero-order chi connectivity index (χ0) is 21.3. The third-order valence-electron chi connectivity index (χ3n) is 7.43. The lowest BCUT2D eigenvalue weighted by Gasteiger charge is -2.40. The minimum absolute atomic E-state index is 0.315. The molecule has 30 heavy (non-hydrogen) atoms. The van der Waals surface area contributed by atoms with Crippen LogP contribution in [0.5, 0.6) is 5.75 Å². The molecule has 1 aliphatic heterocycles. The Balaban J connectivity index is 1.27. The second-order valence-corrected chi connectivity index (χ2v) is 9.20. The van der Waals surface area contributed by atoms with Gasteiger partial charge in [0, 0.05) is 18.7 Å². The summed E-state index contributed by atoms with van der Waals surface area (Å²) in [6, 6.07) is 0.926. The first kappa shape index (κ1) is 21.8. The zero-order valence-electron chi connectivity index (χ0n) is 17.0. The highest BCUT2D eigenvalue weighted by atomic mass is 19.3. The Hall–Kier alpha value is -1.37. The van der Waals surface area contributed by atoms with E-state index in [0.29, 0.717) is 61.7 Å². The average Bonchev–Trinajstić information content (AvgIpc) is 3.27. The van der Waals surface area contributed by atoms with Gasteiger partial charge in [-0.2, -0.15) is 8.78 Å². The first-order valence-corrected chi connectivity index (χ1v) is 11.2. The number of halogens is 5. The van der Waals surface area contributed by atoms with Gasteiger partial charge in [-0.1, -0.05) is 0 Å². The normalized spacial score (nSPS) is 32.9. The van der Waals surface area contributed by atoms with Crippen molar-refractivity contribution in [2.75, 3.05) is 6.61 Å². The van der Waals surface area contributed by atoms with Gasteiger partial charge in [0.2, 0.25) is 0 Å². The van der Waals surface area contributed by atoms with Gasteiger partial charge in [-0.05, 0) is 82.0 Å². The Kier molecular flexibility index (Phi) is 6.56. The van der Waals surface area contributed by atoms with E-state index in [4.69, 9.17) is 4.74 Å². The third kappa shape index (κ3) is 4.76. The maximum absolute atomic E-state index is 14.6. The molecule has 3 fully saturated rings. The molecule has 1 atom stereocenters. The molecule has 7 heteroatoms. The third-order valence-corrected chi connectivity index (χ3v) is 7.43. The van der Waals surface area contributed by atoms with Crippen LogP contribution in [0.15, 0.2) is 12.1 Å². The molecule has 2 aliphatic carbocycles. The summed E-state index contributed by atoms with van der Waals surface area (Å²) in [4.78, 5) is 0. The number of benzene rings is 1. The quantitative estimate of drug-likeness (QED) is 0.373. The lowest BCUT2D eigenvalue weighted by atomic mass is 9.68. The molecule has 168 valence electrons. The standard InChI is InChI=1S/C23H29F5O2/c24-19-12-18(13-20(25)22(19)26)30-23(27,28)17-9-7-15(8-10-17)14-3-5-16(6-4-14)21-2-1-11-29-21/h12-17,21H,1-11H2. The maximum atomic E-state index is 14.6. The SMILES string of the molecule is Fc1cc(OC(F)(F)C2CCC(C3CCC(C4CCCO4)CC3)CC2)cc(F)c1F. The van der Waals surface area contributed by atoms with Gasteiger partial charge >= 0.3 is 6.11 Å². The van der Waals surface area contributed by atoms with Crippen LogP contribution < -0.4 is 4.74 Å². The second kappa shape index (κ2) is 9.01. The van der Waals surface area contributed by atoms with Crippen molar-refractivity contribution >= 4 is 0 Å². The number of ether oxygens (including phenoxy) is 2. The van der Waals surface area contributed by atoms with Crippen LogP contribution in [0, 0.1) is 41.1 Å². The van der Waals surface area contributed by atoms with Gasteiger partial charge in [0.05, 0.1) is 12.0 Å². The van der Waals surface area contributed by atoms with Gasteiger partial charge in [0.25, 0.3) is 0 Å². The van der Waals surface area contributed by atoms with Gasteiger partial charge in [0.1, 0.15) is 5.75 Å². The second-order valence-electron chi connectivity index (χ2n) is 9.20. The van der Waals surface area contributed by atoms with E-state index < -0.39 is 35.2 Å². The molecule has 0 amide bonds. The van der Waals surface area contributed by atoms with E-state index in [9.17, 15) is 22.0 Å². The van der Waals surface area contributed by atoms with Gasteiger partial charge in [-0.3, -0.25) is 0 Å². The van der Waals surface area contributed by atoms with Gasteiger partial charge < -0.3 is 9.47 Å². The summed E-state index contributed by atoms with van der Waals surface area (Å²) in [5.41, 5.74) is 0. The van der Waals surface area contributed by atoms with Crippen molar-refractivity contribution in [1.29, 1.82) is 0 Å². The molecule has 1 aromatic carbocycles. The molecule has 0 bridgehead atoms. The Morgan fingerprint density at radius 3 is 1.83 bits per heavy atom. The lowest BCUT2D eigenvalue weighted by molar-refractivity contribution is -0.224. The Morgan fingerprint density at radius 2 is 1.30 bits per heavy atom. The summed E-state index contributed by atoms with van der Waals surface area (Å²) in [5, 5.41) is 0. The predicted molar refractivity (Wildman–Crippen MR) is 102 cm³/mol. The molecular weight excluding hydrogens is 403 g/mol. The average molecular weight is 432 g/mol. The van der Waals surface area contributed by atoms with Crippen molar-refractivity contribution in [1.82, 2.24) is 0 Å². The van der Waals surface area contributed by atoms with E-state index in [-0.39, 0.29) is 0 Å². The number of hydrogen-bond acceptors (Lipinski definition) is 2. The molecule has 4 rings (SSSR count). The summed E-state index contributed by atoms with van der Waals surface area (Å²) in [5.74, 6) is -4.79. The van der Waals surface area contributed by atoms with Crippen molar-refractivity contribution in [3.05, 3.63) is 29.6 Å². The summed E-state index contributed by atoms with van der Waals surface area (Å²) in [6.07, 6.45) is 5.85. The van der Waals surface area contributed by atoms with Crippen LogP contribution >= 0.6 is 0 Å². The number of rotatable bonds is 5. The van der Waals surface area contributed by atoms with Crippen LogP contribution in [-0.4, -0.2) is 18.8 Å². The zero-order valence-corrected chi connectivity index (χ0v) is 17.0. The fourth-order valence-electron chi connectivity index (χ4n) is 5.72. The van der Waals surface area contributed by atoms with Crippen molar-refractivity contribution in [3.63, 3.8) is 0 Å². The largest absolute Gasteiger partial charge is 0.432 e. The van der Waals surface area contributed by atoms with E-state index in [0.717, 1.165) is 45.1 Å². The van der Waals surface area contributed by atoms with Crippen molar-refractivity contribution in [2.45, 2.75) is 76.4 Å². The van der Waals surface area contributed by atoms with Crippen LogP contribution in [0.25, 0.3) is 0 Å². The number of alkyl halides is 2. The van der Waals surface area contributed by atoms with Crippen LogP contribution in [-0.2, 0) is 4.74 Å². The van der Waals surface area contributed by atoms with Crippen LogP contribution in [0.1, 0.15) is 64.2 Å². The molecule has 0 N–H and O–H groups in total. The molecule has 1 aromatic rings. The summed E-state index contributed by atoms with van der Waals surface area (Å²) in [6.45, 7) is 0.877. The Labute approximate surface area is 174 Å². The Bertz CT molecular complexity index is 695. The molecule has 0 radical (unpaired) electrons.